The van der Waals surface area contributed by atoms with E-state index in [4.69, 9.17) is 11.5 Å². The maximum Gasteiger partial charge on any atom is 0.0314 e. The van der Waals surface area contributed by atoms with Gasteiger partial charge in [-0.25, -0.2) is 0 Å². The maximum absolute atomic E-state index is 5.81. The first-order valence-corrected chi connectivity index (χ1v) is 4.32. The SMILES string of the molecule is CC[C@H](N)Cc1ccc(N)cc1. The van der Waals surface area contributed by atoms with Gasteiger partial charge in [0.15, 0.2) is 0 Å². The monoisotopic (exact) mass is 164 g/mol. The fraction of sp³-hybridized carbons (Fsp3) is 0.400. The van der Waals surface area contributed by atoms with Gasteiger partial charge in [-0.1, -0.05) is 19.1 Å². The lowest BCUT2D eigenvalue weighted by atomic mass is 10.0. The van der Waals surface area contributed by atoms with Crippen LogP contribution in [0.4, 0.5) is 5.69 Å². The van der Waals surface area contributed by atoms with Crippen molar-refractivity contribution in [3.05, 3.63) is 29.8 Å². The number of benzene rings is 1. The third kappa shape index (κ3) is 2.55. The summed E-state index contributed by atoms with van der Waals surface area (Å²) < 4.78 is 0. The Morgan fingerprint density at radius 3 is 2.33 bits per heavy atom. The molecule has 0 radical (unpaired) electrons. The third-order valence-corrected chi connectivity index (χ3v) is 2.00. The van der Waals surface area contributed by atoms with Gasteiger partial charge in [-0.05, 0) is 30.5 Å². The summed E-state index contributed by atoms with van der Waals surface area (Å²) >= 11 is 0. The van der Waals surface area contributed by atoms with Crippen LogP contribution in [-0.4, -0.2) is 6.04 Å². The Kier molecular flexibility index (Phi) is 3.11. The van der Waals surface area contributed by atoms with Crippen LogP contribution >= 0.6 is 0 Å². The number of hydrogen-bond donors (Lipinski definition) is 2. The van der Waals surface area contributed by atoms with Crippen LogP contribution in [0.3, 0.4) is 0 Å². The summed E-state index contributed by atoms with van der Waals surface area (Å²) in [6.45, 7) is 2.10. The molecule has 0 amide bonds. The average molecular weight is 164 g/mol. The molecule has 0 aromatic heterocycles. The van der Waals surface area contributed by atoms with E-state index in [2.05, 4.69) is 6.92 Å². The molecule has 4 N–H and O–H groups in total. The maximum atomic E-state index is 5.81. The topological polar surface area (TPSA) is 52.0 Å². The van der Waals surface area contributed by atoms with Crippen LogP contribution in [0.25, 0.3) is 0 Å². The van der Waals surface area contributed by atoms with E-state index >= 15 is 0 Å². The summed E-state index contributed by atoms with van der Waals surface area (Å²) in [6.07, 6.45) is 1.96. The summed E-state index contributed by atoms with van der Waals surface area (Å²) in [5.41, 5.74) is 13.4. The van der Waals surface area contributed by atoms with Crippen LogP contribution in [0.15, 0.2) is 24.3 Å². The van der Waals surface area contributed by atoms with Gasteiger partial charge in [0.1, 0.15) is 0 Å². The zero-order valence-corrected chi connectivity index (χ0v) is 7.46. The average Bonchev–Trinajstić information content (AvgIpc) is 2.09. The Hall–Kier alpha value is -1.02. The zero-order valence-electron chi connectivity index (χ0n) is 7.46. The summed E-state index contributed by atoms with van der Waals surface area (Å²) in [6, 6.07) is 8.17. The highest BCUT2D eigenvalue weighted by atomic mass is 14.6. The Labute approximate surface area is 73.6 Å². The van der Waals surface area contributed by atoms with Gasteiger partial charge < -0.3 is 11.5 Å². The van der Waals surface area contributed by atoms with Crippen LogP contribution in [-0.2, 0) is 6.42 Å². The molecule has 2 heteroatoms. The molecule has 0 heterocycles. The molecular weight excluding hydrogens is 148 g/mol. The second-order valence-electron chi connectivity index (χ2n) is 3.11. The molecule has 0 aliphatic carbocycles. The lowest BCUT2D eigenvalue weighted by molar-refractivity contribution is 0.646. The highest BCUT2D eigenvalue weighted by Gasteiger charge is 1.99. The molecule has 1 atom stereocenters. The minimum absolute atomic E-state index is 0.272. The van der Waals surface area contributed by atoms with E-state index in [1.165, 1.54) is 5.56 Å². The van der Waals surface area contributed by atoms with Gasteiger partial charge in [0.2, 0.25) is 0 Å². The van der Waals surface area contributed by atoms with Crippen molar-refractivity contribution in [2.45, 2.75) is 25.8 Å². The second-order valence-corrected chi connectivity index (χ2v) is 3.11. The van der Waals surface area contributed by atoms with E-state index in [1.807, 2.05) is 24.3 Å². The van der Waals surface area contributed by atoms with Crippen molar-refractivity contribution in [3.63, 3.8) is 0 Å². The molecule has 12 heavy (non-hydrogen) atoms. The van der Waals surface area contributed by atoms with E-state index in [9.17, 15) is 0 Å². The van der Waals surface area contributed by atoms with Crippen molar-refractivity contribution in [3.8, 4) is 0 Å². The molecule has 0 bridgehead atoms. The third-order valence-electron chi connectivity index (χ3n) is 2.00. The van der Waals surface area contributed by atoms with E-state index in [0.29, 0.717) is 0 Å². The first-order valence-electron chi connectivity index (χ1n) is 4.32. The summed E-state index contributed by atoms with van der Waals surface area (Å²) in [5, 5.41) is 0. The number of nitrogen functional groups attached to an aromatic ring is 1. The van der Waals surface area contributed by atoms with Crippen LogP contribution < -0.4 is 11.5 Å². The lowest BCUT2D eigenvalue weighted by Gasteiger charge is -2.08. The molecule has 0 spiro atoms. The number of anilines is 1. The van der Waals surface area contributed by atoms with E-state index in [-0.39, 0.29) is 6.04 Å². The van der Waals surface area contributed by atoms with E-state index in [1.54, 1.807) is 0 Å². The van der Waals surface area contributed by atoms with Crippen molar-refractivity contribution >= 4 is 5.69 Å². The molecular formula is C10H16N2. The predicted octanol–water partition coefficient (Wildman–Crippen LogP) is 1.55. The van der Waals surface area contributed by atoms with Gasteiger partial charge in [-0.3, -0.25) is 0 Å². The van der Waals surface area contributed by atoms with Gasteiger partial charge >= 0.3 is 0 Å². The van der Waals surface area contributed by atoms with Crippen LogP contribution in [0, 0.1) is 0 Å². The molecule has 0 fully saturated rings. The Morgan fingerprint density at radius 1 is 1.25 bits per heavy atom. The Bertz CT molecular complexity index is 228. The molecule has 0 unspecified atom stereocenters. The minimum atomic E-state index is 0.272. The van der Waals surface area contributed by atoms with Crippen LogP contribution in [0.5, 0.6) is 0 Å². The summed E-state index contributed by atoms with van der Waals surface area (Å²) in [7, 11) is 0. The van der Waals surface area contributed by atoms with Gasteiger partial charge in [0, 0.05) is 11.7 Å². The smallest absolute Gasteiger partial charge is 0.0314 e. The van der Waals surface area contributed by atoms with Gasteiger partial charge in [-0.2, -0.15) is 0 Å². The van der Waals surface area contributed by atoms with E-state index < -0.39 is 0 Å². The minimum Gasteiger partial charge on any atom is -0.399 e. The fourth-order valence-electron chi connectivity index (χ4n) is 1.10. The highest BCUT2D eigenvalue weighted by molar-refractivity contribution is 5.39. The Morgan fingerprint density at radius 2 is 1.83 bits per heavy atom. The van der Waals surface area contributed by atoms with Crippen molar-refractivity contribution in [1.29, 1.82) is 0 Å². The molecule has 2 nitrogen and oxygen atoms in total. The van der Waals surface area contributed by atoms with Gasteiger partial charge in [0.25, 0.3) is 0 Å². The van der Waals surface area contributed by atoms with Crippen molar-refractivity contribution in [2.75, 3.05) is 5.73 Å². The lowest BCUT2D eigenvalue weighted by Crippen LogP contribution is -2.21. The van der Waals surface area contributed by atoms with Crippen molar-refractivity contribution in [2.24, 2.45) is 5.73 Å². The predicted molar refractivity (Wildman–Crippen MR) is 52.8 cm³/mol. The number of rotatable bonds is 3. The summed E-state index contributed by atoms with van der Waals surface area (Å²) in [5.74, 6) is 0. The fourth-order valence-corrected chi connectivity index (χ4v) is 1.10. The first-order chi connectivity index (χ1) is 5.72. The van der Waals surface area contributed by atoms with Crippen molar-refractivity contribution < 1.29 is 0 Å². The van der Waals surface area contributed by atoms with Crippen LogP contribution in [0.2, 0.25) is 0 Å². The normalized spacial score (nSPS) is 12.8. The zero-order chi connectivity index (χ0) is 8.97. The van der Waals surface area contributed by atoms with E-state index in [0.717, 1.165) is 18.5 Å². The molecule has 66 valence electrons. The number of hydrogen-bond acceptors (Lipinski definition) is 2. The van der Waals surface area contributed by atoms with Crippen LogP contribution in [0.1, 0.15) is 18.9 Å². The van der Waals surface area contributed by atoms with Gasteiger partial charge in [0.05, 0.1) is 0 Å². The van der Waals surface area contributed by atoms with Crippen molar-refractivity contribution in [1.82, 2.24) is 0 Å². The molecule has 0 aliphatic rings. The molecule has 1 aromatic rings. The second kappa shape index (κ2) is 4.12. The summed E-state index contributed by atoms with van der Waals surface area (Å²) in [4.78, 5) is 0. The molecule has 1 rings (SSSR count). The largest absolute Gasteiger partial charge is 0.399 e. The number of nitrogens with two attached hydrogens (primary N) is 2. The quantitative estimate of drug-likeness (QED) is 0.666. The van der Waals surface area contributed by atoms with Gasteiger partial charge in [-0.15, -0.1) is 0 Å². The molecule has 0 aliphatic heterocycles. The molecule has 0 saturated carbocycles. The molecule has 0 saturated heterocycles. The standard InChI is InChI=1S/C10H16N2/c1-2-9(11)7-8-3-5-10(12)6-4-8/h3-6,9H,2,7,11-12H2,1H3/t9-/m0/s1. The highest BCUT2D eigenvalue weighted by Crippen LogP contribution is 2.07. The molecule has 1 aromatic carbocycles. The Balaban J connectivity index is 2.58. The first kappa shape index (κ1) is 9.07.